The number of amides is 1. The standard InChI is InChI=1S/C10H7BrN4O/c11-8-3-2-7(6-14-8)9(16)15-10-12-4-1-5-13-10/h1-6H,(H,12,13,15,16). The van der Waals surface area contributed by atoms with Crippen LogP contribution in [0.3, 0.4) is 0 Å². The lowest BCUT2D eigenvalue weighted by Gasteiger charge is -2.02. The maximum absolute atomic E-state index is 11.7. The van der Waals surface area contributed by atoms with Gasteiger partial charge in [-0.15, -0.1) is 0 Å². The number of carbonyl (C=O) groups excluding carboxylic acids is 1. The van der Waals surface area contributed by atoms with Gasteiger partial charge in [0.05, 0.1) is 5.56 Å². The van der Waals surface area contributed by atoms with E-state index in [2.05, 4.69) is 36.2 Å². The fourth-order valence-corrected chi connectivity index (χ4v) is 1.28. The first-order valence-corrected chi connectivity index (χ1v) is 5.25. The number of rotatable bonds is 2. The van der Waals surface area contributed by atoms with E-state index in [9.17, 15) is 4.79 Å². The van der Waals surface area contributed by atoms with E-state index >= 15 is 0 Å². The molecule has 6 heteroatoms. The molecule has 0 fully saturated rings. The summed E-state index contributed by atoms with van der Waals surface area (Å²) in [6, 6.07) is 5.03. The van der Waals surface area contributed by atoms with E-state index in [0.29, 0.717) is 10.2 Å². The van der Waals surface area contributed by atoms with Crippen LogP contribution in [0.25, 0.3) is 0 Å². The molecule has 2 heterocycles. The van der Waals surface area contributed by atoms with Gasteiger partial charge in [0.1, 0.15) is 4.60 Å². The van der Waals surface area contributed by atoms with Crippen LogP contribution in [-0.4, -0.2) is 20.9 Å². The zero-order valence-corrected chi connectivity index (χ0v) is 9.68. The molecule has 0 aliphatic carbocycles. The lowest BCUT2D eigenvalue weighted by molar-refractivity contribution is 0.102. The van der Waals surface area contributed by atoms with Crippen molar-refractivity contribution in [3.63, 3.8) is 0 Å². The molecule has 2 aromatic rings. The third-order valence-electron chi connectivity index (χ3n) is 1.78. The third-order valence-corrected chi connectivity index (χ3v) is 2.25. The van der Waals surface area contributed by atoms with E-state index in [4.69, 9.17) is 0 Å². The minimum absolute atomic E-state index is 0.274. The van der Waals surface area contributed by atoms with Crippen molar-refractivity contribution < 1.29 is 4.79 Å². The van der Waals surface area contributed by atoms with Crippen LogP contribution in [0.2, 0.25) is 0 Å². The molecule has 0 atom stereocenters. The van der Waals surface area contributed by atoms with Crippen molar-refractivity contribution in [3.05, 3.63) is 47.0 Å². The zero-order chi connectivity index (χ0) is 11.4. The Labute approximate surface area is 100 Å². The monoisotopic (exact) mass is 278 g/mol. The van der Waals surface area contributed by atoms with Crippen molar-refractivity contribution in [2.75, 3.05) is 5.32 Å². The second-order valence-corrected chi connectivity index (χ2v) is 3.71. The maximum Gasteiger partial charge on any atom is 0.259 e. The van der Waals surface area contributed by atoms with Crippen molar-refractivity contribution in [3.8, 4) is 0 Å². The molecule has 0 bridgehead atoms. The second kappa shape index (κ2) is 4.80. The Bertz CT molecular complexity index is 486. The van der Waals surface area contributed by atoms with Gasteiger partial charge in [0.25, 0.3) is 5.91 Å². The summed E-state index contributed by atoms with van der Waals surface area (Å²) >= 11 is 3.19. The molecular weight excluding hydrogens is 272 g/mol. The molecule has 0 aromatic carbocycles. The summed E-state index contributed by atoms with van der Waals surface area (Å²) in [5, 5.41) is 2.56. The van der Waals surface area contributed by atoms with Crippen LogP contribution < -0.4 is 5.32 Å². The number of nitrogens with zero attached hydrogens (tertiary/aromatic N) is 3. The highest BCUT2D eigenvalue weighted by Crippen LogP contribution is 2.07. The summed E-state index contributed by atoms with van der Waals surface area (Å²) in [5.41, 5.74) is 0.454. The summed E-state index contributed by atoms with van der Waals surface area (Å²) in [6.07, 6.45) is 4.59. The molecule has 0 radical (unpaired) electrons. The van der Waals surface area contributed by atoms with Gasteiger partial charge in [-0.2, -0.15) is 0 Å². The van der Waals surface area contributed by atoms with Crippen LogP contribution in [0.15, 0.2) is 41.4 Å². The molecule has 2 aromatic heterocycles. The number of carbonyl (C=O) groups is 1. The molecule has 5 nitrogen and oxygen atoms in total. The number of hydrogen-bond donors (Lipinski definition) is 1. The Balaban J connectivity index is 2.12. The van der Waals surface area contributed by atoms with Crippen LogP contribution in [0, 0.1) is 0 Å². The van der Waals surface area contributed by atoms with E-state index in [1.54, 1.807) is 30.6 Å². The van der Waals surface area contributed by atoms with Gasteiger partial charge in [0.15, 0.2) is 0 Å². The predicted molar refractivity (Wildman–Crippen MR) is 61.9 cm³/mol. The Morgan fingerprint density at radius 3 is 2.56 bits per heavy atom. The Morgan fingerprint density at radius 1 is 1.19 bits per heavy atom. The van der Waals surface area contributed by atoms with Gasteiger partial charge in [-0.05, 0) is 34.1 Å². The average molecular weight is 279 g/mol. The molecule has 1 amide bonds. The van der Waals surface area contributed by atoms with Gasteiger partial charge in [-0.1, -0.05) is 0 Å². The molecule has 0 unspecified atom stereocenters. The van der Waals surface area contributed by atoms with Gasteiger partial charge >= 0.3 is 0 Å². The van der Waals surface area contributed by atoms with Crippen molar-refractivity contribution in [2.45, 2.75) is 0 Å². The largest absolute Gasteiger partial charge is 0.290 e. The quantitative estimate of drug-likeness (QED) is 0.852. The van der Waals surface area contributed by atoms with E-state index < -0.39 is 0 Å². The Hall–Kier alpha value is -1.82. The summed E-state index contributed by atoms with van der Waals surface area (Å²) in [6.45, 7) is 0. The van der Waals surface area contributed by atoms with Gasteiger partial charge in [-0.25, -0.2) is 15.0 Å². The number of pyridine rings is 1. The van der Waals surface area contributed by atoms with E-state index in [-0.39, 0.29) is 11.9 Å². The summed E-state index contributed by atoms with van der Waals surface area (Å²) in [5.74, 6) is -0.0124. The van der Waals surface area contributed by atoms with Crippen molar-refractivity contribution in [1.82, 2.24) is 15.0 Å². The number of anilines is 1. The molecule has 0 saturated carbocycles. The highest BCUT2D eigenvalue weighted by molar-refractivity contribution is 9.10. The van der Waals surface area contributed by atoms with Crippen LogP contribution in [-0.2, 0) is 0 Å². The summed E-state index contributed by atoms with van der Waals surface area (Å²) in [7, 11) is 0. The Kier molecular flexibility index (Phi) is 3.21. The lowest BCUT2D eigenvalue weighted by Crippen LogP contribution is -2.14. The average Bonchev–Trinajstić information content (AvgIpc) is 2.31. The maximum atomic E-state index is 11.7. The Morgan fingerprint density at radius 2 is 1.94 bits per heavy atom. The molecule has 0 spiro atoms. The first-order valence-electron chi connectivity index (χ1n) is 4.45. The topological polar surface area (TPSA) is 67.8 Å². The predicted octanol–water partition coefficient (Wildman–Crippen LogP) is 1.89. The fourth-order valence-electron chi connectivity index (χ4n) is 1.05. The molecule has 2 rings (SSSR count). The third kappa shape index (κ3) is 2.60. The minimum Gasteiger partial charge on any atom is -0.290 e. The van der Waals surface area contributed by atoms with Crippen LogP contribution >= 0.6 is 15.9 Å². The SMILES string of the molecule is O=C(Nc1ncccn1)c1ccc(Br)nc1. The molecule has 1 N–H and O–H groups in total. The van der Waals surface area contributed by atoms with Gasteiger partial charge in [-0.3, -0.25) is 10.1 Å². The van der Waals surface area contributed by atoms with Crippen molar-refractivity contribution in [2.24, 2.45) is 0 Å². The van der Waals surface area contributed by atoms with Crippen LogP contribution in [0.4, 0.5) is 5.95 Å². The van der Waals surface area contributed by atoms with Gasteiger partial charge in [0, 0.05) is 18.6 Å². The van der Waals surface area contributed by atoms with Crippen molar-refractivity contribution >= 4 is 27.8 Å². The normalized spacial score (nSPS) is 9.81. The van der Waals surface area contributed by atoms with Crippen LogP contribution in [0.1, 0.15) is 10.4 Å². The van der Waals surface area contributed by atoms with Crippen molar-refractivity contribution in [1.29, 1.82) is 0 Å². The summed E-state index contributed by atoms with van der Waals surface area (Å²) in [4.78, 5) is 23.4. The first kappa shape index (κ1) is 10.7. The molecule has 80 valence electrons. The second-order valence-electron chi connectivity index (χ2n) is 2.90. The highest BCUT2D eigenvalue weighted by Gasteiger charge is 2.07. The molecular formula is C10H7BrN4O. The number of aromatic nitrogens is 3. The number of hydrogen-bond acceptors (Lipinski definition) is 4. The molecule has 0 aliphatic rings. The van der Waals surface area contributed by atoms with E-state index in [1.165, 1.54) is 6.20 Å². The summed E-state index contributed by atoms with van der Waals surface area (Å²) < 4.78 is 0.681. The van der Waals surface area contributed by atoms with Crippen LogP contribution in [0.5, 0.6) is 0 Å². The molecule has 0 aliphatic heterocycles. The fraction of sp³-hybridized carbons (Fsp3) is 0. The molecule has 16 heavy (non-hydrogen) atoms. The number of nitrogens with one attached hydrogen (secondary N) is 1. The van der Waals surface area contributed by atoms with Gasteiger partial charge in [0.2, 0.25) is 5.95 Å². The highest BCUT2D eigenvalue weighted by atomic mass is 79.9. The zero-order valence-electron chi connectivity index (χ0n) is 8.09. The minimum atomic E-state index is -0.286. The number of halogens is 1. The van der Waals surface area contributed by atoms with E-state index in [1.807, 2.05) is 0 Å². The first-order chi connectivity index (χ1) is 7.75. The smallest absolute Gasteiger partial charge is 0.259 e. The van der Waals surface area contributed by atoms with Gasteiger partial charge < -0.3 is 0 Å². The van der Waals surface area contributed by atoms with E-state index in [0.717, 1.165) is 0 Å². The molecule has 0 saturated heterocycles. The lowest BCUT2D eigenvalue weighted by atomic mass is 10.3.